The number of carbonyl (C=O) groups excluding carboxylic acids is 2. The lowest BCUT2D eigenvalue weighted by Gasteiger charge is -2.23. The van der Waals surface area contributed by atoms with Crippen molar-refractivity contribution in [2.45, 2.75) is 32.2 Å². The molecule has 0 aromatic carbocycles. The van der Waals surface area contributed by atoms with Crippen LogP contribution in [-0.2, 0) is 9.59 Å². The van der Waals surface area contributed by atoms with Gasteiger partial charge in [0.1, 0.15) is 0 Å². The summed E-state index contributed by atoms with van der Waals surface area (Å²) in [6.45, 7) is 3.77. The molecular formula is C9H16F2N2O3. The molecule has 0 fully saturated rings. The van der Waals surface area contributed by atoms with Crippen molar-refractivity contribution < 1.29 is 23.5 Å². The van der Waals surface area contributed by atoms with Crippen molar-refractivity contribution in [2.75, 3.05) is 13.2 Å². The molecular weight excluding hydrogens is 222 g/mol. The fourth-order valence-electron chi connectivity index (χ4n) is 0.803. The molecule has 7 heteroatoms. The van der Waals surface area contributed by atoms with E-state index in [9.17, 15) is 18.4 Å². The zero-order valence-corrected chi connectivity index (χ0v) is 9.43. The molecule has 0 aliphatic rings. The summed E-state index contributed by atoms with van der Waals surface area (Å²) in [4.78, 5) is 22.0. The Morgan fingerprint density at radius 3 is 2.06 bits per heavy atom. The van der Waals surface area contributed by atoms with E-state index in [0.717, 1.165) is 0 Å². The molecule has 3 N–H and O–H groups in total. The van der Waals surface area contributed by atoms with Gasteiger partial charge in [0.25, 0.3) is 0 Å². The number of amides is 2. The summed E-state index contributed by atoms with van der Waals surface area (Å²) in [7, 11) is 0. The molecule has 0 atom stereocenters. The minimum atomic E-state index is -4.14. The van der Waals surface area contributed by atoms with Gasteiger partial charge < -0.3 is 15.7 Å². The van der Waals surface area contributed by atoms with Crippen molar-refractivity contribution in [1.82, 2.24) is 10.6 Å². The Kier molecular flexibility index (Phi) is 4.80. The molecule has 5 nitrogen and oxygen atoms in total. The molecule has 16 heavy (non-hydrogen) atoms. The van der Waals surface area contributed by atoms with E-state index in [2.05, 4.69) is 0 Å². The summed E-state index contributed by atoms with van der Waals surface area (Å²) in [6, 6.07) is 0. The van der Waals surface area contributed by atoms with Crippen LogP contribution in [0.25, 0.3) is 0 Å². The van der Waals surface area contributed by atoms with E-state index in [1.165, 1.54) is 20.8 Å². The van der Waals surface area contributed by atoms with E-state index in [4.69, 9.17) is 5.11 Å². The number of aliphatic hydroxyl groups is 1. The third-order valence-electron chi connectivity index (χ3n) is 1.46. The van der Waals surface area contributed by atoms with E-state index in [0.29, 0.717) is 0 Å². The predicted molar refractivity (Wildman–Crippen MR) is 52.9 cm³/mol. The predicted octanol–water partition coefficient (Wildman–Crippen LogP) is -0.355. The van der Waals surface area contributed by atoms with Gasteiger partial charge in [-0.1, -0.05) is 0 Å². The Morgan fingerprint density at radius 1 is 1.19 bits per heavy atom. The van der Waals surface area contributed by atoms with E-state index in [1.807, 2.05) is 5.32 Å². The highest BCUT2D eigenvalue weighted by molar-refractivity contribution is 6.06. The van der Waals surface area contributed by atoms with Gasteiger partial charge in [-0.05, 0) is 20.8 Å². The lowest BCUT2D eigenvalue weighted by Crippen LogP contribution is -2.55. The van der Waals surface area contributed by atoms with Gasteiger partial charge >= 0.3 is 17.7 Å². The van der Waals surface area contributed by atoms with Gasteiger partial charge in [0.15, 0.2) is 0 Å². The average Bonchev–Trinajstić information content (AvgIpc) is 2.11. The smallest absolute Gasteiger partial charge is 0.395 e. The van der Waals surface area contributed by atoms with Crippen LogP contribution in [0, 0.1) is 0 Å². The van der Waals surface area contributed by atoms with Gasteiger partial charge in [0.05, 0.1) is 6.61 Å². The number of hydrogen-bond acceptors (Lipinski definition) is 3. The van der Waals surface area contributed by atoms with E-state index < -0.39 is 29.9 Å². The Labute approximate surface area is 92.2 Å². The second kappa shape index (κ2) is 5.20. The van der Waals surface area contributed by atoms with Crippen LogP contribution in [0.15, 0.2) is 0 Å². The lowest BCUT2D eigenvalue weighted by atomic mass is 10.1. The Hall–Kier alpha value is -1.24. The van der Waals surface area contributed by atoms with Gasteiger partial charge in [0, 0.05) is 12.1 Å². The average molecular weight is 238 g/mol. The van der Waals surface area contributed by atoms with Gasteiger partial charge in [-0.3, -0.25) is 9.59 Å². The Balaban J connectivity index is 4.52. The lowest BCUT2D eigenvalue weighted by molar-refractivity contribution is -0.160. The van der Waals surface area contributed by atoms with Crippen molar-refractivity contribution in [3.05, 3.63) is 0 Å². The fraction of sp³-hybridized carbons (Fsp3) is 0.778. The van der Waals surface area contributed by atoms with Crippen LogP contribution in [0.3, 0.4) is 0 Å². The van der Waals surface area contributed by atoms with Crippen LogP contribution in [0.5, 0.6) is 0 Å². The Bertz CT molecular complexity index is 274. The number of carbonyl (C=O) groups is 2. The maximum Gasteiger partial charge on any atom is 0.400 e. The highest BCUT2D eigenvalue weighted by atomic mass is 19.3. The molecule has 0 aliphatic carbocycles. The first-order valence-electron chi connectivity index (χ1n) is 4.71. The van der Waals surface area contributed by atoms with Gasteiger partial charge in [-0.2, -0.15) is 8.78 Å². The molecule has 0 unspecified atom stereocenters. The van der Waals surface area contributed by atoms with Crippen LogP contribution < -0.4 is 10.6 Å². The number of rotatable bonds is 4. The molecule has 2 amide bonds. The third kappa shape index (κ3) is 4.52. The molecule has 0 heterocycles. The highest BCUT2D eigenvalue weighted by Crippen LogP contribution is 2.15. The molecule has 0 saturated heterocycles. The Morgan fingerprint density at radius 2 is 1.69 bits per heavy atom. The highest BCUT2D eigenvalue weighted by Gasteiger charge is 2.48. The monoisotopic (exact) mass is 238 g/mol. The van der Waals surface area contributed by atoms with E-state index in [1.54, 1.807) is 5.32 Å². The molecule has 0 aromatic rings. The van der Waals surface area contributed by atoms with Gasteiger partial charge in [-0.15, -0.1) is 0 Å². The molecule has 0 radical (unpaired) electrons. The quantitative estimate of drug-likeness (QED) is 0.585. The maximum absolute atomic E-state index is 13.2. The van der Waals surface area contributed by atoms with Gasteiger partial charge in [-0.25, -0.2) is 0 Å². The first-order valence-corrected chi connectivity index (χ1v) is 4.71. The molecule has 0 spiro atoms. The number of hydrogen-bond donors (Lipinski definition) is 3. The molecule has 0 aromatic heterocycles. The summed E-state index contributed by atoms with van der Waals surface area (Å²) in [5, 5.41) is 12.1. The summed E-state index contributed by atoms with van der Waals surface area (Å²) >= 11 is 0. The van der Waals surface area contributed by atoms with Crippen molar-refractivity contribution >= 4 is 11.8 Å². The van der Waals surface area contributed by atoms with Crippen LogP contribution in [0.1, 0.15) is 20.8 Å². The van der Waals surface area contributed by atoms with Crippen LogP contribution >= 0.6 is 0 Å². The molecule has 0 aliphatic heterocycles. The third-order valence-corrected chi connectivity index (χ3v) is 1.46. The van der Waals surface area contributed by atoms with Crippen molar-refractivity contribution in [1.29, 1.82) is 0 Å². The SMILES string of the molecule is CC(C)(C)NC(=O)C(F)(F)C(=O)NCCO. The van der Waals surface area contributed by atoms with Crippen LogP contribution in [0.4, 0.5) is 8.78 Å². The minimum Gasteiger partial charge on any atom is -0.395 e. The maximum atomic E-state index is 13.2. The summed E-state index contributed by atoms with van der Waals surface area (Å²) in [6.07, 6.45) is 0. The molecule has 0 saturated carbocycles. The first kappa shape index (κ1) is 14.8. The van der Waals surface area contributed by atoms with E-state index >= 15 is 0 Å². The van der Waals surface area contributed by atoms with E-state index in [-0.39, 0.29) is 6.54 Å². The van der Waals surface area contributed by atoms with Crippen LogP contribution in [-0.4, -0.2) is 41.5 Å². The largest absolute Gasteiger partial charge is 0.400 e. The van der Waals surface area contributed by atoms with Crippen molar-refractivity contribution in [3.8, 4) is 0 Å². The minimum absolute atomic E-state index is 0.322. The van der Waals surface area contributed by atoms with Crippen molar-refractivity contribution in [2.24, 2.45) is 0 Å². The zero-order valence-electron chi connectivity index (χ0n) is 9.43. The summed E-state index contributed by atoms with van der Waals surface area (Å²) in [5.41, 5.74) is -0.849. The van der Waals surface area contributed by atoms with Crippen molar-refractivity contribution in [3.63, 3.8) is 0 Å². The number of nitrogens with one attached hydrogen (secondary N) is 2. The topological polar surface area (TPSA) is 78.4 Å². The molecule has 94 valence electrons. The summed E-state index contributed by atoms with van der Waals surface area (Å²) in [5.74, 6) is -7.51. The normalized spacial score (nSPS) is 12.1. The van der Waals surface area contributed by atoms with Crippen LogP contribution in [0.2, 0.25) is 0 Å². The number of halogens is 2. The number of aliphatic hydroxyl groups excluding tert-OH is 1. The number of alkyl halides is 2. The first-order chi connectivity index (χ1) is 7.11. The second-order valence-corrected chi connectivity index (χ2v) is 4.26. The molecule has 0 bridgehead atoms. The molecule has 0 rings (SSSR count). The van der Waals surface area contributed by atoms with Gasteiger partial charge in [0.2, 0.25) is 0 Å². The summed E-state index contributed by atoms with van der Waals surface area (Å²) < 4.78 is 26.3. The second-order valence-electron chi connectivity index (χ2n) is 4.26. The standard InChI is InChI=1S/C9H16F2N2O3/c1-8(2,3)13-7(16)9(10,11)6(15)12-4-5-14/h14H,4-5H2,1-3H3,(H,12,15)(H,13,16). The zero-order chi connectivity index (χ0) is 13.0. The fourth-order valence-corrected chi connectivity index (χ4v) is 0.803.